The van der Waals surface area contributed by atoms with Gasteiger partial charge in [-0.1, -0.05) is 31.2 Å². The van der Waals surface area contributed by atoms with Crippen molar-refractivity contribution in [2.24, 2.45) is 5.73 Å². The van der Waals surface area contributed by atoms with E-state index in [-0.39, 0.29) is 44.0 Å². The van der Waals surface area contributed by atoms with Gasteiger partial charge in [-0.05, 0) is 43.2 Å². The van der Waals surface area contributed by atoms with E-state index in [0.29, 0.717) is 28.1 Å². The van der Waals surface area contributed by atoms with Crippen LogP contribution in [0.15, 0.2) is 48.5 Å². The van der Waals surface area contributed by atoms with Gasteiger partial charge in [0.2, 0.25) is 5.91 Å². The number of fused-ring (bicyclic) bond motifs is 1. The smallest absolute Gasteiger partial charge is 0.339 e. The molecule has 0 atom stereocenters. The fourth-order valence-corrected chi connectivity index (χ4v) is 5.99. The average Bonchev–Trinajstić information content (AvgIpc) is 3.42. The third-order valence-electron chi connectivity index (χ3n) is 7.05. The molecule has 2 aromatic carbocycles. The predicted octanol–water partition coefficient (Wildman–Crippen LogP) is 3.08. The number of H-pyrrole nitrogens is 1. The molecule has 0 unspecified atom stereocenters. The number of benzene rings is 2. The molecular weight excluding hydrogens is 565 g/mol. The number of primary amides is 1. The van der Waals surface area contributed by atoms with Gasteiger partial charge in [0.05, 0.1) is 28.9 Å². The molecule has 42 heavy (non-hydrogen) atoms. The van der Waals surface area contributed by atoms with Crippen molar-refractivity contribution in [2.75, 3.05) is 42.4 Å². The lowest BCUT2D eigenvalue weighted by molar-refractivity contribution is 0.0528. The highest BCUT2D eigenvalue weighted by Gasteiger charge is 2.30. The van der Waals surface area contributed by atoms with E-state index in [2.05, 4.69) is 26.8 Å². The van der Waals surface area contributed by atoms with E-state index < -0.39 is 27.9 Å². The quantitative estimate of drug-likeness (QED) is 0.249. The first kappa shape index (κ1) is 29.0. The SMILES string of the molecule is CCOC(=O)c1cc(N2CCN(S(=O)(=O)Nc3ccc(C(N)=O)cc3F)CC2)nc2n[nH]c(-c3ccc(CC)cc3)c12. The number of nitrogens with two attached hydrogens (primary N) is 1. The molecule has 0 saturated carbocycles. The van der Waals surface area contributed by atoms with E-state index in [0.717, 1.165) is 24.1 Å². The van der Waals surface area contributed by atoms with Gasteiger partial charge in [0.15, 0.2) is 5.65 Å². The van der Waals surface area contributed by atoms with Crippen LogP contribution in [-0.2, 0) is 21.4 Å². The minimum atomic E-state index is -4.11. The van der Waals surface area contributed by atoms with Crippen LogP contribution < -0.4 is 15.4 Å². The first-order valence-corrected chi connectivity index (χ1v) is 14.8. The number of rotatable bonds is 9. The van der Waals surface area contributed by atoms with E-state index in [9.17, 15) is 22.4 Å². The molecule has 0 spiro atoms. The lowest BCUT2D eigenvalue weighted by Gasteiger charge is -2.34. The number of pyridine rings is 1. The predicted molar refractivity (Wildman–Crippen MR) is 156 cm³/mol. The number of hydrogen-bond acceptors (Lipinski definition) is 8. The van der Waals surface area contributed by atoms with Gasteiger partial charge in [-0.2, -0.15) is 17.8 Å². The third-order valence-corrected chi connectivity index (χ3v) is 8.57. The van der Waals surface area contributed by atoms with Crippen LogP contribution in [0, 0.1) is 5.82 Å². The number of carbonyl (C=O) groups is 2. The molecule has 14 heteroatoms. The lowest BCUT2D eigenvalue weighted by Crippen LogP contribution is -2.50. The number of aryl methyl sites for hydroxylation is 1. The maximum absolute atomic E-state index is 14.4. The maximum Gasteiger partial charge on any atom is 0.339 e. The van der Waals surface area contributed by atoms with Crippen LogP contribution >= 0.6 is 0 Å². The van der Waals surface area contributed by atoms with Crippen LogP contribution in [0.4, 0.5) is 15.9 Å². The molecular formula is C28H30FN7O5S. The number of carbonyl (C=O) groups excluding carboxylic acids is 2. The van der Waals surface area contributed by atoms with Crippen molar-refractivity contribution in [3.8, 4) is 11.3 Å². The summed E-state index contributed by atoms with van der Waals surface area (Å²) in [6, 6.07) is 12.8. The second kappa shape index (κ2) is 11.7. The van der Waals surface area contributed by atoms with Crippen molar-refractivity contribution in [1.82, 2.24) is 19.5 Å². The molecule has 0 bridgehead atoms. The molecule has 4 N–H and O–H groups in total. The number of amides is 1. The number of esters is 1. The van der Waals surface area contributed by atoms with Crippen LogP contribution in [0.25, 0.3) is 22.3 Å². The number of nitrogens with zero attached hydrogens (tertiary/aromatic N) is 4. The molecule has 1 aliphatic rings. The summed E-state index contributed by atoms with van der Waals surface area (Å²) in [6.07, 6.45) is 0.897. The second-order valence-electron chi connectivity index (χ2n) is 9.65. The van der Waals surface area contributed by atoms with Crippen LogP contribution in [-0.4, -0.2) is 72.6 Å². The van der Waals surface area contributed by atoms with Crippen molar-refractivity contribution in [2.45, 2.75) is 20.3 Å². The van der Waals surface area contributed by atoms with Gasteiger partial charge in [0.25, 0.3) is 0 Å². The molecule has 1 amide bonds. The van der Waals surface area contributed by atoms with Gasteiger partial charge in [0, 0.05) is 37.3 Å². The fourth-order valence-electron chi connectivity index (χ4n) is 4.77. The minimum Gasteiger partial charge on any atom is -0.462 e. The zero-order chi connectivity index (χ0) is 30.0. The van der Waals surface area contributed by atoms with E-state index in [1.54, 1.807) is 13.0 Å². The molecule has 1 fully saturated rings. The van der Waals surface area contributed by atoms with E-state index in [1.165, 1.54) is 15.9 Å². The maximum atomic E-state index is 14.4. The summed E-state index contributed by atoms with van der Waals surface area (Å²) in [4.78, 5) is 30.8. The highest BCUT2D eigenvalue weighted by Crippen LogP contribution is 2.32. The Labute approximate surface area is 241 Å². The lowest BCUT2D eigenvalue weighted by atomic mass is 10.0. The Bertz CT molecular complexity index is 1750. The van der Waals surface area contributed by atoms with E-state index in [4.69, 9.17) is 10.5 Å². The Kier molecular flexibility index (Phi) is 8.09. The third kappa shape index (κ3) is 5.76. The van der Waals surface area contributed by atoms with Gasteiger partial charge < -0.3 is 15.4 Å². The number of ether oxygens (including phenoxy) is 1. The van der Waals surface area contributed by atoms with Gasteiger partial charge in [-0.3, -0.25) is 14.6 Å². The van der Waals surface area contributed by atoms with Crippen molar-refractivity contribution in [1.29, 1.82) is 0 Å². The molecule has 0 aliphatic carbocycles. The topological polar surface area (TPSA) is 164 Å². The molecule has 1 aliphatic heterocycles. The van der Waals surface area contributed by atoms with Crippen molar-refractivity contribution < 1.29 is 27.1 Å². The largest absolute Gasteiger partial charge is 0.462 e. The van der Waals surface area contributed by atoms with Gasteiger partial charge in [-0.15, -0.1) is 0 Å². The number of aromatic amines is 1. The second-order valence-corrected chi connectivity index (χ2v) is 11.3. The normalized spacial score (nSPS) is 14.2. The zero-order valence-corrected chi connectivity index (χ0v) is 23.9. The highest BCUT2D eigenvalue weighted by atomic mass is 32.2. The zero-order valence-electron chi connectivity index (χ0n) is 23.1. The molecule has 4 aromatic rings. The molecule has 2 aromatic heterocycles. The summed E-state index contributed by atoms with van der Waals surface area (Å²) in [5.41, 5.74) is 8.08. The van der Waals surface area contributed by atoms with E-state index >= 15 is 0 Å². The first-order chi connectivity index (χ1) is 20.1. The monoisotopic (exact) mass is 595 g/mol. The number of hydrogen-bond donors (Lipinski definition) is 3. The molecule has 0 radical (unpaired) electrons. The summed E-state index contributed by atoms with van der Waals surface area (Å²) in [6.45, 7) is 4.62. The number of piperazine rings is 1. The van der Waals surface area contributed by atoms with Crippen LogP contribution in [0.5, 0.6) is 0 Å². The average molecular weight is 596 g/mol. The molecule has 5 rings (SSSR count). The summed E-state index contributed by atoms with van der Waals surface area (Å²) >= 11 is 0. The molecule has 3 heterocycles. The summed E-state index contributed by atoms with van der Waals surface area (Å²) in [7, 11) is -4.11. The van der Waals surface area contributed by atoms with Crippen LogP contribution in [0.3, 0.4) is 0 Å². The first-order valence-electron chi connectivity index (χ1n) is 13.4. The standard InChI is InChI=1S/C28H30FN7O5S/c1-3-17-5-7-18(8-6-17)25-24-20(28(38)41-4-2)16-23(31-27(24)33-32-25)35-11-13-36(14-12-35)42(39,40)34-22-10-9-19(26(30)37)15-21(22)29/h5-10,15-16,34H,3-4,11-14H2,1-2H3,(H2,30,37)(H,31,32,33). The Morgan fingerprint density at radius 2 is 1.79 bits per heavy atom. The number of anilines is 2. The van der Waals surface area contributed by atoms with Crippen molar-refractivity contribution >= 4 is 44.6 Å². The molecule has 220 valence electrons. The van der Waals surface area contributed by atoms with Gasteiger partial charge in [-0.25, -0.2) is 14.2 Å². The Hall–Kier alpha value is -4.56. The van der Waals surface area contributed by atoms with Gasteiger partial charge in [0.1, 0.15) is 11.6 Å². The number of aromatic nitrogens is 3. The van der Waals surface area contributed by atoms with Crippen LogP contribution in [0.1, 0.15) is 40.1 Å². The summed E-state index contributed by atoms with van der Waals surface area (Å²) in [5, 5.41) is 7.92. The van der Waals surface area contributed by atoms with Crippen molar-refractivity contribution in [3.05, 3.63) is 71.0 Å². The minimum absolute atomic E-state index is 0.0698. The Morgan fingerprint density at radius 1 is 1.07 bits per heavy atom. The van der Waals surface area contributed by atoms with Crippen LogP contribution in [0.2, 0.25) is 0 Å². The van der Waals surface area contributed by atoms with Crippen molar-refractivity contribution in [3.63, 3.8) is 0 Å². The van der Waals surface area contributed by atoms with Gasteiger partial charge >= 0.3 is 16.2 Å². The Balaban J connectivity index is 1.38. The summed E-state index contributed by atoms with van der Waals surface area (Å²) in [5.74, 6) is -1.82. The number of nitrogens with one attached hydrogen (secondary N) is 2. The summed E-state index contributed by atoms with van der Waals surface area (Å²) < 4.78 is 49.1. The molecule has 12 nitrogen and oxygen atoms in total. The molecule has 1 saturated heterocycles. The fraction of sp³-hybridized carbons (Fsp3) is 0.286. The Morgan fingerprint density at radius 3 is 2.40 bits per heavy atom. The number of halogens is 1. The van der Waals surface area contributed by atoms with E-state index in [1.807, 2.05) is 29.2 Å². The highest BCUT2D eigenvalue weighted by molar-refractivity contribution is 7.90.